The van der Waals surface area contributed by atoms with E-state index in [9.17, 15) is 4.39 Å². The van der Waals surface area contributed by atoms with Crippen LogP contribution in [-0.2, 0) is 0 Å². The maximum absolute atomic E-state index is 13.6. The van der Waals surface area contributed by atoms with Crippen molar-refractivity contribution in [3.63, 3.8) is 0 Å². The van der Waals surface area contributed by atoms with Crippen LogP contribution in [0.2, 0.25) is 0 Å². The molecule has 0 bridgehead atoms. The molecule has 2 N–H and O–H groups in total. The molecule has 2 rings (SSSR count). The molecule has 0 spiro atoms. The lowest BCUT2D eigenvalue weighted by Crippen LogP contribution is -2.20. The SMILES string of the molecule is COc1ccc(OC)c(NC(=S)Nc2ccccc2F)c1. The first-order valence-electron chi connectivity index (χ1n) is 6.18. The molecule has 2 aromatic carbocycles. The van der Waals surface area contributed by atoms with Crippen molar-refractivity contribution in [2.75, 3.05) is 24.9 Å². The van der Waals surface area contributed by atoms with Gasteiger partial charge in [-0.15, -0.1) is 0 Å². The van der Waals surface area contributed by atoms with E-state index in [4.69, 9.17) is 21.7 Å². The number of methoxy groups -OCH3 is 2. The predicted molar refractivity (Wildman–Crippen MR) is 85.8 cm³/mol. The molecule has 0 unspecified atom stereocenters. The zero-order valence-corrected chi connectivity index (χ0v) is 12.5. The fourth-order valence-corrected chi connectivity index (χ4v) is 1.97. The van der Waals surface area contributed by atoms with Crippen LogP contribution in [0.5, 0.6) is 11.5 Å². The highest BCUT2D eigenvalue weighted by molar-refractivity contribution is 7.80. The minimum absolute atomic E-state index is 0.256. The number of nitrogens with one attached hydrogen (secondary N) is 2. The van der Waals surface area contributed by atoms with E-state index in [0.717, 1.165) is 0 Å². The first kappa shape index (κ1) is 15.1. The Kier molecular flexibility index (Phi) is 4.94. The minimum atomic E-state index is -0.376. The number of halogens is 1. The first-order chi connectivity index (χ1) is 10.1. The first-order valence-corrected chi connectivity index (χ1v) is 6.59. The van der Waals surface area contributed by atoms with Gasteiger partial charge in [-0.25, -0.2) is 4.39 Å². The van der Waals surface area contributed by atoms with E-state index in [2.05, 4.69) is 10.6 Å². The number of ether oxygens (including phenoxy) is 2. The Balaban J connectivity index is 2.14. The Morgan fingerprint density at radius 3 is 2.38 bits per heavy atom. The Labute approximate surface area is 127 Å². The number of rotatable bonds is 4. The second-order valence-electron chi connectivity index (χ2n) is 4.13. The molecule has 0 radical (unpaired) electrons. The van der Waals surface area contributed by atoms with Gasteiger partial charge in [-0.1, -0.05) is 12.1 Å². The highest BCUT2D eigenvalue weighted by Gasteiger charge is 2.08. The highest BCUT2D eigenvalue weighted by atomic mass is 32.1. The van der Waals surface area contributed by atoms with Gasteiger partial charge in [0.15, 0.2) is 5.11 Å². The molecule has 21 heavy (non-hydrogen) atoms. The molecule has 110 valence electrons. The average molecular weight is 306 g/mol. The summed E-state index contributed by atoms with van der Waals surface area (Å²) in [5.74, 6) is 0.889. The molecule has 0 fully saturated rings. The molecule has 6 heteroatoms. The Hall–Kier alpha value is -2.34. The van der Waals surface area contributed by atoms with Gasteiger partial charge in [0.25, 0.3) is 0 Å². The van der Waals surface area contributed by atoms with Crippen LogP contribution in [0, 0.1) is 5.82 Å². The number of hydrogen-bond acceptors (Lipinski definition) is 3. The van der Waals surface area contributed by atoms with Crippen LogP contribution < -0.4 is 20.1 Å². The second-order valence-corrected chi connectivity index (χ2v) is 4.53. The van der Waals surface area contributed by atoms with Crippen molar-refractivity contribution in [1.82, 2.24) is 0 Å². The largest absolute Gasteiger partial charge is 0.497 e. The topological polar surface area (TPSA) is 42.5 Å². The van der Waals surface area contributed by atoms with Crippen LogP contribution in [0.25, 0.3) is 0 Å². The lowest BCUT2D eigenvalue weighted by atomic mass is 10.2. The second kappa shape index (κ2) is 6.90. The van der Waals surface area contributed by atoms with Gasteiger partial charge >= 0.3 is 0 Å². The molecule has 0 aliphatic carbocycles. The average Bonchev–Trinajstić information content (AvgIpc) is 2.49. The lowest BCUT2D eigenvalue weighted by molar-refractivity contribution is 0.405. The van der Waals surface area contributed by atoms with Gasteiger partial charge in [-0.2, -0.15) is 0 Å². The third-order valence-electron chi connectivity index (χ3n) is 2.78. The van der Waals surface area contributed by atoms with Crippen molar-refractivity contribution >= 4 is 28.7 Å². The van der Waals surface area contributed by atoms with Gasteiger partial charge in [0.05, 0.1) is 25.6 Å². The summed E-state index contributed by atoms with van der Waals surface area (Å²) in [6.07, 6.45) is 0. The van der Waals surface area contributed by atoms with Gasteiger partial charge in [-0.05, 0) is 36.5 Å². The third-order valence-corrected chi connectivity index (χ3v) is 2.98. The quantitative estimate of drug-likeness (QED) is 0.844. The zero-order valence-electron chi connectivity index (χ0n) is 11.6. The molecule has 0 aliphatic rings. The van der Waals surface area contributed by atoms with E-state index in [1.165, 1.54) is 6.07 Å². The molecule has 2 aromatic rings. The molecule has 0 aliphatic heterocycles. The van der Waals surface area contributed by atoms with Gasteiger partial charge in [0.2, 0.25) is 0 Å². The summed E-state index contributed by atoms with van der Waals surface area (Å²) in [5, 5.41) is 6.01. The summed E-state index contributed by atoms with van der Waals surface area (Å²) in [4.78, 5) is 0. The van der Waals surface area contributed by atoms with Crippen LogP contribution in [-0.4, -0.2) is 19.3 Å². The molecule has 0 saturated heterocycles. The van der Waals surface area contributed by atoms with Crippen molar-refractivity contribution in [3.05, 3.63) is 48.3 Å². The van der Waals surface area contributed by atoms with Crippen molar-refractivity contribution in [2.24, 2.45) is 0 Å². The van der Waals surface area contributed by atoms with Crippen LogP contribution in [0.4, 0.5) is 15.8 Å². The summed E-state index contributed by atoms with van der Waals surface area (Å²) in [6, 6.07) is 11.6. The highest BCUT2D eigenvalue weighted by Crippen LogP contribution is 2.29. The molecule has 4 nitrogen and oxygen atoms in total. The summed E-state index contributed by atoms with van der Waals surface area (Å²) < 4.78 is 24.0. The monoisotopic (exact) mass is 306 g/mol. The molecular formula is C15H15FN2O2S. The summed E-state index contributed by atoms with van der Waals surface area (Å²) in [5.41, 5.74) is 0.933. The molecule has 0 heterocycles. The van der Waals surface area contributed by atoms with E-state index < -0.39 is 0 Å². The van der Waals surface area contributed by atoms with Gasteiger partial charge in [0, 0.05) is 6.07 Å². The lowest BCUT2D eigenvalue weighted by Gasteiger charge is -2.14. The van der Waals surface area contributed by atoms with Crippen molar-refractivity contribution < 1.29 is 13.9 Å². The fourth-order valence-electron chi connectivity index (χ4n) is 1.75. The Morgan fingerprint density at radius 2 is 1.71 bits per heavy atom. The number of benzene rings is 2. The van der Waals surface area contributed by atoms with Crippen molar-refractivity contribution in [2.45, 2.75) is 0 Å². The summed E-state index contributed by atoms with van der Waals surface area (Å²) in [7, 11) is 3.13. The number of hydrogen-bond donors (Lipinski definition) is 2. The molecule has 0 saturated carbocycles. The van der Waals surface area contributed by atoms with Crippen LogP contribution >= 0.6 is 12.2 Å². The van der Waals surface area contributed by atoms with Crippen LogP contribution in [0.15, 0.2) is 42.5 Å². The van der Waals surface area contributed by atoms with E-state index in [0.29, 0.717) is 22.9 Å². The van der Waals surface area contributed by atoms with Gasteiger partial charge in [0.1, 0.15) is 17.3 Å². The van der Waals surface area contributed by atoms with E-state index >= 15 is 0 Å². The van der Waals surface area contributed by atoms with Crippen molar-refractivity contribution in [3.8, 4) is 11.5 Å². The zero-order chi connectivity index (χ0) is 15.2. The fraction of sp³-hybridized carbons (Fsp3) is 0.133. The normalized spacial score (nSPS) is 9.86. The van der Waals surface area contributed by atoms with E-state index in [-0.39, 0.29) is 10.9 Å². The molecular weight excluding hydrogens is 291 g/mol. The summed E-state index contributed by atoms with van der Waals surface area (Å²) in [6.45, 7) is 0. The predicted octanol–water partition coefficient (Wildman–Crippen LogP) is 3.65. The molecule has 0 aromatic heterocycles. The minimum Gasteiger partial charge on any atom is -0.497 e. The van der Waals surface area contributed by atoms with Crippen LogP contribution in [0.3, 0.4) is 0 Å². The smallest absolute Gasteiger partial charge is 0.175 e. The van der Waals surface area contributed by atoms with Gasteiger partial charge in [-0.3, -0.25) is 0 Å². The van der Waals surface area contributed by atoms with Crippen LogP contribution in [0.1, 0.15) is 0 Å². The maximum Gasteiger partial charge on any atom is 0.175 e. The number of thiocarbonyl (C=S) groups is 1. The van der Waals surface area contributed by atoms with Gasteiger partial charge < -0.3 is 20.1 Å². The van der Waals surface area contributed by atoms with E-state index in [1.807, 2.05) is 0 Å². The maximum atomic E-state index is 13.6. The number of anilines is 2. The standard InChI is InChI=1S/C15H15FN2O2S/c1-19-10-7-8-14(20-2)13(9-10)18-15(21)17-12-6-4-3-5-11(12)16/h3-9H,1-2H3,(H2,17,18,21). The molecule has 0 atom stereocenters. The van der Waals surface area contributed by atoms with Crippen molar-refractivity contribution in [1.29, 1.82) is 0 Å². The Bertz CT molecular complexity index is 649. The number of para-hydroxylation sites is 1. The third kappa shape index (κ3) is 3.82. The Morgan fingerprint density at radius 1 is 1.00 bits per heavy atom. The molecule has 0 amide bonds. The van der Waals surface area contributed by atoms with E-state index in [1.54, 1.807) is 50.6 Å². The summed E-state index contributed by atoms with van der Waals surface area (Å²) >= 11 is 5.18.